The highest BCUT2D eigenvalue weighted by Gasteiger charge is 2.14. The summed E-state index contributed by atoms with van der Waals surface area (Å²) in [5.41, 5.74) is 7.07. The molecule has 21 heavy (non-hydrogen) atoms. The zero-order valence-corrected chi connectivity index (χ0v) is 12.8. The summed E-state index contributed by atoms with van der Waals surface area (Å²) in [6, 6.07) is 11.9. The van der Waals surface area contributed by atoms with Gasteiger partial charge in [-0.05, 0) is 18.2 Å². The fraction of sp³-hybridized carbons (Fsp3) is 0.250. The molecule has 2 aromatic rings. The second kappa shape index (κ2) is 7.33. The summed E-state index contributed by atoms with van der Waals surface area (Å²) >= 11 is 1.39. The van der Waals surface area contributed by atoms with Crippen molar-refractivity contribution in [3.05, 3.63) is 53.8 Å². The van der Waals surface area contributed by atoms with E-state index in [9.17, 15) is 4.39 Å². The molecule has 0 aliphatic heterocycles. The summed E-state index contributed by atoms with van der Waals surface area (Å²) in [6.45, 7) is 0. The highest BCUT2D eigenvalue weighted by molar-refractivity contribution is 7.99. The number of methoxy groups -OCH3 is 2. The first kappa shape index (κ1) is 15.7. The maximum atomic E-state index is 13.6. The summed E-state index contributed by atoms with van der Waals surface area (Å²) in [5.74, 6) is 1.72. The van der Waals surface area contributed by atoms with Crippen molar-refractivity contribution in [1.82, 2.24) is 0 Å². The van der Waals surface area contributed by atoms with E-state index in [1.165, 1.54) is 17.8 Å². The molecule has 3 nitrogen and oxygen atoms in total. The van der Waals surface area contributed by atoms with Gasteiger partial charge in [-0.15, -0.1) is 11.8 Å². The lowest BCUT2D eigenvalue weighted by Gasteiger charge is -2.16. The van der Waals surface area contributed by atoms with E-state index in [1.807, 2.05) is 18.2 Å². The number of rotatable bonds is 6. The average Bonchev–Trinajstić information content (AvgIpc) is 2.53. The van der Waals surface area contributed by atoms with Crippen LogP contribution in [0.15, 0.2) is 47.4 Å². The third-order valence-electron chi connectivity index (χ3n) is 3.10. The largest absolute Gasteiger partial charge is 0.497 e. The molecule has 1 atom stereocenters. The number of hydrogen-bond donors (Lipinski definition) is 1. The normalized spacial score (nSPS) is 12.0. The number of nitrogens with two attached hydrogens (primary N) is 1. The Morgan fingerprint density at radius 1 is 1.14 bits per heavy atom. The van der Waals surface area contributed by atoms with Crippen molar-refractivity contribution >= 4 is 11.8 Å². The Morgan fingerprint density at radius 2 is 1.90 bits per heavy atom. The Balaban J connectivity index is 2.10. The lowest BCUT2D eigenvalue weighted by atomic mass is 10.1. The highest BCUT2D eigenvalue weighted by atomic mass is 32.2. The molecule has 0 saturated heterocycles. The number of hydrogen-bond acceptors (Lipinski definition) is 4. The van der Waals surface area contributed by atoms with Gasteiger partial charge in [-0.1, -0.05) is 18.2 Å². The van der Waals surface area contributed by atoms with Crippen molar-refractivity contribution in [2.75, 3.05) is 20.0 Å². The van der Waals surface area contributed by atoms with Crippen molar-refractivity contribution in [2.45, 2.75) is 10.9 Å². The zero-order valence-electron chi connectivity index (χ0n) is 12.0. The molecule has 2 rings (SSSR count). The lowest BCUT2D eigenvalue weighted by molar-refractivity contribution is 0.389. The Hall–Kier alpha value is -1.72. The van der Waals surface area contributed by atoms with Gasteiger partial charge in [0.1, 0.15) is 17.3 Å². The van der Waals surface area contributed by atoms with E-state index in [2.05, 4.69) is 0 Å². The van der Waals surface area contributed by atoms with Crippen LogP contribution in [0.5, 0.6) is 11.5 Å². The van der Waals surface area contributed by atoms with E-state index in [0.29, 0.717) is 22.1 Å². The minimum absolute atomic E-state index is 0.226. The monoisotopic (exact) mass is 307 g/mol. The fourth-order valence-corrected chi connectivity index (χ4v) is 2.88. The Bertz CT molecular complexity index is 607. The minimum atomic E-state index is -0.254. The van der Waals surface area contributed by atoms with Gasteiger partial charge in [0.25, 0.3) is 0 Å². The van der Waals surface area contributed by atoms with Gasteiger partial charge in [-0.3, -0.25) is 0 Å². The van der Waals surface area contributed by atoms with Crippen LogP contribution >= 0.6 is 11.8 Å². The molecule has 0 spiro atoms. The third-order valence-corrected chi connectivity index (χ3v) is 4.26. The zero-order chi connectivity index (χ0) is 15.2. The van der Waals surface area contributed by atoms with Crippen LogP contribution in [0.25, 0.3) is 0 Å². The smallest absolute Gasteiger partial charge is 0.136 e. The Kier molecular flexibility index (Phi) is 5.47. The van der Waals surface area contributed by atoms with Crippen molar-refractivity contribution in [1.29, 1.82) is 0 Å². The lowest BCUT2D eigenvalue weighted by Crippen LogP contribution is -2.14. The van der Waals surface area contributed by atoms with Gasteiger partial charge < -0.3 is 15.2 Å². The average molecular weight is 307 g/mol. The van der Waals surface area contributed by atoms with E-state index < -0.39 is 0 Å². The number of benzene rings is 2. The molecule has 0 aliphatic rings. The van der Waals surface area contributed by atoms with Gasteiger partial charge in [0.15, 0.2) is 0 Å². The molecule has 0 fully saturated rings. The summed E-state index contributed by atoms with van der Waals surface area (Å²) in [5, 5.41) is 0. The highest BCUT2D eigenvalue weighted by Crippen LogP contribution is 2.32. The number of thioether (sulfide) groups is 1. The van der Waals surface area contributed by atoms with Crippen LogP contribution < -0.4 is 15.2 Å². The third kappa shape index (κ3) is 3.89. The van der Waals surface area contributed by atoms with Gasteiger partial charge in [-0.25, -0.2) is 4.39 Å². The number of halogens is 1. The quantitative estimate of drug-likeness (QED) is 0.828. The summed E-state index contributed by atoms with van der Waals surface area (Å²) in [6.07, 6.45) is 0. The van der Waals surface area contributed by atoms with E-state index in [-0.39, 0.29) is 11.9 Å². The molecule has 0 bridgehead atoms. The molecule has 0 radical (unpaired) electrons. The summed E-state index contributed by atoms with van der Waals surface area (Å²) in [7, 11) is 3.19. The first-order chi connectivity index (χ1) is 10.2. The Morgan fingerprint density at radius 3 is 2.57 bits per heavy atom. The van der Waals surface area contributed by atoms with E-state index in [1.54, 1.807) is 32.4 Å². The molecule has 2 N–H and O–H groups in total. The minimum Gasteiger partial charge on any atom is -0.497 e. The SMILES string of the molecule is COc1ccc(C(N)CSc2ccccc2F)c(OC)c1. The maximum absolute atomic E-state index is 13.6. The molecule has 0 heterocycles. The van der Waals surface area contributed by atoms with E-state index >= 15 is 0 Å². The van der Waals surface area contributed by atoms with Gasteiger partial charge in [0.2, 0.25) is 0 Å². The molecular formula is C16H18FNO2S. The van der Waals surface area contributed by atoms with Crippen molar-refractivity contribution in [2.24, 2.45) is 5.73 Å². The molecule has 2 aromatic carbocycles. The van der Waals surface area contributed by atoms with Crippen LogP contribution in [-0.4, -0.2) is 20.0 Å². The van der Waals surface area contributed by atoms with Gasteiger partial charge in [0.05, 0.1) is 14.2 Å². The first-order valence-corrected chi connectivity index (χ1v) is 7.49. The first-order valence-electron chi connectivity index (χ1n) is 6.50. The Labute approximate surface area is 128 Å². The van der Waals surface area contributed by atoms with E-state index in [4.69, 9.17) is 15.2 Å². The van der Waals surface area contributed by atoms with E-state index in [0.717, 1.165) is 5.56 Å². The van der Waals surface area contributed by atoms with Crippen LogP contribution in [0.3, 0.4) is 0 Å². The van der Waals surface area contributed by atoms with Crippen LogP contribution in [0.1, 0.15) is 11.6 Å². The molecule has 0 amide bonds. The second-order valence-electron chi connectivity index (χ2n) is 4.46. The predicted octanol–water partition coefficient (Wildman–Crippen LogP) is 3.64. The standard InChI is InChI=1S/C16H18FNO2S/c1-19-11-7-8-12(15(9-11)20-2)14(18)10-21-16-6-4-3-5-13(16)17/h3-9,14H,10,18H2,1-2H3. The number of ether oxygens (including phenoxy) is 2. The van der Waals surface area contributed by atoms with Gasteiger partial charge in [-0.2, -0.15) is 0 Å². The molecular weight excluding hydrogens is 289 g/mol. The topological polar surface area (TPSA) is 44.5 Å². The maximum Gasteiger partial charge on any atom is 0.136 e. The van der Waals surface area contributed by atoms with Crippen LogP contribution in [0.2, 0.25) is 0 Å². The van der Waals surface area contributed by atoms with Crippen LogP contribution in [0, 0.1) is 5.82 Å². The second-order valence-corrected chi connectivity index (χ2v) is 5.52. The molecule has 5 heteroatoms. The van der Waals surface area contributed by atoms with Crippen molar-refractivity contribution in [3.63, 3.8) is 0 Å². The van der Waals surface area contributed by atoms with Crippen LogP contribution in [0.4, 0.5) is 4.39 Å². The predicted molar refractivity (Wildman–Crippen MR) is 83.6 cm³/mol. The van der Waals surface area contributed by atoms with Crippen molar-refractivity contribution < 1.29 is 13.9 Å². The molecule has 0 aromatic heterocycles. The van der Waals surface area contributed by atoms with Gasteiger partial charge >= 0.3 is 0 Å². The van der Waals surface area contributed by atoms with Gasteiger partial charge in [0, 0.05) is 28.3 Å². The summed E-state index contributed by atoms with van der Waals surface area (Å²) < 4.78 is 24.1. The van der Waals surface area contributed by atoms with Crippen LogP contribution in [-0.2, 0) is 0 Å². The van der Waals surface area contributed by atoms with Crippen molar-refractivity contribution in [3.8, 4) is 11.5 Å². The fourth-order valence-electron chi connectivity index (χ4n) is 1.96. The molecule has 112 valence electrons. The summed E-state index contributed by atoms with van der Waals surface area (Å²) in [4.78, 5) is 0.598. The molecule has 1 unspecified atom stereocenters. The molecule has 0 aliphatic carbocycles. The molecule has 0 saturated carbocycles.